The molecular weight excluding hydrogens is 360 g/mol. The second kappa shape index (κ2) is 7.57. The number of nitrogens with zero attached hydrogens (tertiary/aromatic N) is 2. The number of hydroxylamine groups is 3. The maximum absolute atomic E-state index is 13.6. The third-order valence-corrected chi connectivity index (χ3v) is 5.20. The summed E-state index contributed by atoms with van der Waals surface area (Å²) in [5.41, 5.74) is 3.20. The Labute approximate surface area is 171 Å². The van der Waals surface area contributed by atoms with Crippen LogP contribution in [0.25, 0.3) is 22.2 Å². The van der Waals surface area contributed by atoms with Gasteiger partial charge in [-0.1, -0.05) is 60.7 Å². The lowest BCUT2D eigenvalue weighted by Crippen LogP contribution is -2.42. The summed E-state index contributed by atoms with van der Waals surface area (Å²) in [7, 11) is 4.03. The first-order valence-corrected chi connectivity index (χ1v) is 9.83. The Morgan fingerprint density at radius 3 is 2.10 bits per heavy atom. The zero-order valence-electron chi connectivity index (χ0n) is 17.0. The predicted molar refractivity (Wildman–Crippen MR) is 117 cm³/mol. The molecule has 0 saturated carbocycles. The maximum atomic E-state index is 13.6. The molecule has 0 aliphatic rings. The average Bonchev–Trinajstić information content (AvgIpc) is 3.08. The van der Waals surface area contributed by atoms with Crippen molar-refractivity contribution in [3.05, 3.63) is 90.5 Å². The molecule has 4 rings (SSSR count). The number of quaternary nitrogens is 1. The van der Waals surface area contributed by atoms with Gasteiger partial charge in [0, 0.05) is 11.1 Å². The molecule has 0 N–H and O–H groups in total. The number of carbonyl (C=O) groups is 1. The van der Waals surface area contributed by atoms with Crippen LogP contribution in [0.3, 0.4) is 0 Å². The fourth-order valence-electron chi connectivity index (χ4n) is 3.39. The highest BCUT2D eigenvalue weighted by molar-refractivity contribution is 6.09. The highest BCUT2D eigenvalue weighted by Crippen LogP contribution is 2.41. The van der Waals surface area contributed by atoms with Gasteiger partial charge in [0.25, 0.3) is 5.91 Å². The van der Waals surface area contributed by atoms with Crippen molar-refractivity contribution >= 4 is 16.8 Å². The van der Waals surface area contributed by atoms with E-state index in [0.717, 1.165) is 34.5 Å². The van der Waals surface area contributed by atoms with Crippen molar-refractivity contribution in [3.63, 3.8) is 0 Å². The van der Waals surface area contributed by atoms with E-state index in [4.69, 9.17) is 4.84 Å². The van der Waals surface area contributed by atoms with Gasteiger partial charge in [0.1, 0.15) is 26.3 Å². The largest absolute Gasteiger partial charge is 0.313 e. The molecule has 0 spiro atoms. The number of aromatic nitrogens is 1. The molecule has 0 unspecified atom stereocenters. The summed E-state index contributed by atoms with van der Waals surface area (Å²) in [6, 6.07) is 27.3. The van der Waals surface area contributed by atoms with Crippen molar-refractivity contribution in [1.82, 2.24) is 4.57 Å². The number of hydrogen-bond donors (Lipinski definition) is 0. The topological polar surface area (TPSA) is 31.2 Å². The second-order valence-corrected chi connectivity index (χ2v) is 7.55. The standard InChI is InChI=1S/C25H25N2O2/c1-4-27(2,3)29-24-21-17-11-12-18-22(21)26(23(24)19-13-7-5-8-14-19)25(28)20-15-9-6-10-16-20/h5-18H,4H2,1-3H3/q+1. The Hall–Kier alpha value is -3.37. The van der Waals surface area contributed by atoms with Gasteiger partial charge in [-0.05, 0) is 31.2 Å². The van der Waals surface area contributed by atoms with E-state index in [2.05, 4.69) is 6.92 Å². The molecule has 0 fully saturated rings. The van der Waals surface area contributed by atoms with Crippen molar-refractivity contribution in [2.45, 2.75) is 6.92 Å². The normalized spacial score (nSPS) is 11.6. The lowest BCUT2D eigenvalue weighted by molar-refractivity contribution is -1.05. The molecule has 0 bridgehead atoms. The lowest BCUT2D eigenvalue weighted by atomic mass is 10.1. The molecule has 29 heavy (non-hydrogen) atoms. The number of rotatable bonds is 5. The first kappa shape index (κ1) is 19.0. The molecule has 0 saturated heterocycles. The maximum Gasteiger partial charge on any atom is 0.263 e. The van der Waals surface area contributed by atoms with Crippen LogP contribution in [0.1, 0.15) is 17.3 Å². The van der Waals surface area contributed by atoms with Gasteiger partial charge < -0.3 is 4.84 Å². The van der Waals surface area contributed by atoms with Crippen molar-refractivity contribution < 1.29 is 14.3 Å². The molecule has 0 aliphatic heterocycles. The molecule has 4 nitrogen and oxygen atoms in total. The van der Waals surface area contributed by atoms with Crippen molar-refractivity contribution in [2.75, 3.05) is 20.6 Å². The molecule has 1 heterocycles. The lowest BCUT2D eigenvalue weighted by Gasteiger charge is -2.26. The summed E-state index contributed by atoms with van der Waals surface area (Å²) >= 11 is 0. The first-order chi connectivity index (χ1) is 14.0. The Morgan fingerprint density at radius 1 is 0.862 bits per heavy atom. The van der Waals surface area contributed by atoms with Crippen LogP contribution in [0, 0.1) is 0 Å². The van der Waals surface area contributed by atoms with Crippen LogP contribution in [-0.2, 0) is 0 Å². The molecule has 0 atom stereocenters. The van der Waals surface area contributed by atoms with E-state index in [-0.39, 0.29) is 5.91 Å². The van der Waals surface area contributed by atoms with E-state index in [9.17, 15) is 4.79 Å². The molecule has 4 heteroatoms. The van der Waals surface area contributed by atoms with Crippen molar-refractivity contribution in [1.29, 1.82) is 0 Å². The summed E-state index contributed by atoms with van der Waals surface area (Å²) in [6.45, 7) is 2.87. The minimum Gasteiger partial charge on any atom is -0.313 e. The Balaban J connectivity index is 2.05. The highest BCUT2D eigenvalue weighted by Gasteiger charge is 2.29. The third kappa shape index (κ3) is 3.55. The van der Waals surface area contributed by atoms with Crippen LogP contribution in [0.2, 0.25) is 0 Å². The van der Waals surface area contributed by atoms with Crippen LogP contribution in [0.15, 0.2) is 84.9 Å². The number of benzene rings is 3. The highest BCUT2D eigenvalue weighted by atomic mass is 16.7. The van der Waals surface area contributed by atoms with E-state index >= 15 is 0 Å². The van der Waals surface area contributed by atoms with Crippen LogP contribution >= 0.6 is 0 Å². The van der Waals surface area contributed by atoms with Gasteiger partial charge >= 0.3 is 0 Å². The van der Waals surface area contributed by atoms with Crippen LogP contribution in [0.4, 0.5) is 0 Å². The quantitative estimate of drug-likeness (QED) is 0.341. The van der Waals surface area contributed by atoms with Gasteiger partial charge in [0.15, 0.2) is 0 Å². The smallest absolute Gasteiger partial charge is 0.263 e. The zero-order valence-corrected chi connectivity index (χ0v) is 17.0. The summed E-state index contributed by atoms with van der Waals surface area (Å²) in [4.78, 5) is 20.1. The number of fused-ring (bicyclic) bond motifs is 1. The average molecular weight is 385 g/mol. The summed E-state index contributed by atoms with van der Waals surface area (Å²) < 4.78 is 2.14. The van der Waals surface area contributed by atoms with Crippen molar-refractivity contribution in [3.8, 4) is 17.0 Å². The van der Waals surface area contributed by atoms with Crippen LogP contribution in [-0.4, -0.2) is 35.8 Å². The SMILES string of the molecule is CC[N+](C)(C)Oc1c(-c2ccccc2)n(C(=O)c2ccccc2)c2ccccc12. The number of hydrogen-bond acceptors (Lipinski definition) is 2. The van der Waals surface area contributed by atoms with Gasteiger partial charge in [0.05, 0.1) is 10.9 Å². The van der Waals surface area contributed by atoms with Gasteiger partial charge in [-0.3, -0.25) is 9.36 Å². The molecule has 0 radical (unpaired) electrons. The van der Waals surface area contributed by atoms with Crippen LogP contribution < -0.4 is 4.84 Å². The third-order valence-electron chi connectivity index (χ3n) is 5.20. The fraction of sp³-hybridized carbons (Fsp3) is 0.160. The van der Waals surface area contributed by atoms with E-state index in [1.54, 1.807) is 4.57 Å². The predicted octanol–water partition coefficient (Wildman–Crippen LogP) is 5.39. The van der Waals surface area contributed by atoms with E-state index < -0.39 is 0 Å². The minimum absolute atomic E-state index is 0.0719. The molecule has 146 valence electrons. The van der Waals surface area contributed by atoms with E-state index in [1.807, 2.05) is 99.0 Å². The molecule has 4 aromatic rings. The molecule has 1 aromatic heterocycles. The molecule has 3 aromatic carbocycles. The van der Waals surface area contributed by atoms with E-state index in [0.29, 0.717) is 10.2 Å². The summed E-state index contributed by atoms with van der Waals surface area (Å²) in [5.74, 6) is 0.653. The summed E-state index contributed by atoms with van der Waals surface area (Å²) in [6.07, 6.45) is 0. The number of para-hydroxylation sites is 1. The molecule has 0 amide bonds. The van der Waals surface area contributed by atoms with Crippen molar-refractivity contribution in [2.24, 2.45) is 0 Å². The second-order valence-electron chi connectivity index (χ2n) is 7.55. The first-order valence-electron chi connectivity index (χ1n) is 9.83. The van der Waals surface area contributed by atoms with Gasteiger partial charge in [-0.15, -0.1) is 4.65 Å². The molecule has 0 aliphatic carbocycles. The van der Waals surface area contributed by atoms with Gasteiger partial charge in [-0.2, -0.15) is 0 Å². The summed E-state index contributed by atoms with van der Waals surface area (Å²) in [5, 5.41) is 0.926. The van der Waals surface area contributed by atoms with Crippen LogP contribution in [0.5, 0.6) is 5.75 Å². The minimum atomic E-state index is -0.0719. The molecular formula is C25H25N2O2+. The van der Waals surface area contributed by atoms with Gasteiger partial charge in [-0.25, -0.2) is 0 Å². The Kier molecular flexibility index (Phi) is 4.95. The Bertz CT molecular complexity index is 1150. The van der Waals surface area contributed by atoms with Gasteiger partial charge in [0.2, 0.25) is 5.75 Å². The Morgan fingerprint density at radius 2 is 1.45 bits per heavy atom. The number of carbonyl (C=O) groups excluding carboxylic acids is 1. The monoisotopic (exact) mass is 385 g/mol. The fourth-order valence-corrected chi connectivity index (χ4v) is 3.39. The zero-order chi connectivity index (χ0) is 20.4. The van der Waals surface area contributed by atoms with E-state index in [1.165, 1.54) is 0 Å².